The standard InChI is InChI=1S/C14H17FO4/c1-8(6-12(16)18-3)13(17)10-5-9(2)14(19-4)11(15)7-10/h5,7-8H,6H2,1-4H3. The summed E-state index contributed by atoms with van der Waals surface area (Å²) >= 11 is 0. The second-order valence-corrected chi connectivity index (χ2v) is 4.35. The number of carbonyl (C=O) groups excluding carboxylic acids is 2. The third-order valence-corrected chi connectivity index (χ3v) is 2.87. The van der Waals surface area contributed by atoms with Gasteiger partial charge in [-0.2, -0.15) is 0 Å². The maximum Gasteiger partial charge on any atom is 0.306 e. The van der Waals surface area contributed by atoms with Crippen molar-refractivity contribution < 1.29 is 23.5 Å². The van der Waals surface area contributed by atoms with E-state index in [1.54, 1.807) is 19.9 Å². The van der Waals surface area contributed by atoms with Crippen molar-refractivity contribution in [3.8, 4) is 5.75 Å². The van der Waals surface area contributed by atoms with Crippen molar-refractivity contribution >= 4 is 11.8 Å². The lowest BCUT2D eigenvalue weighted by Gasteiger charge is -2.12. The number of ketones is 1. The zero-order chi connectivity index (χ0) is 14.6. The molecule has 0 amide bonds. The molecule has 0 N–H and O–H groups in total. The first kappa shape index (κ1) is 15.1. The van der Waals surface area contributed by atoms with Crippen LogP contribution in [0, 0.1) is 18.7 Å². The molecule has 4 nitrogen and oxygen atoms in total. The van der Waals surface area contributed by atoms with Crippen LogP contribution in [-0.2, 0) is 9.53 Å². The fourth-order valence-electron chi connectivity index (χ4n) is 1.84. The van der Waals surface area contributed by atoms with Gasteiger partial charge in [0.1, 0.15) is 0 Å². The van der Waals surface area contributed by atoms with Gasteiger partial charge in [0.25, 0.3) is 0 Å². The van der Waals surface area contributed by atoms with E-state index in [4.69, 9.17) is 4.74 Å². The van der Waals surface area contributed by atoms with Crippen molar-refractivity contribution in [3.05, 3.63) is 29.1 Å². The smallest absolute Gasteiger partial charge is 0.306 e. The lowest BCUT2D eigenvalue weighted by atomic mass is 9.95. The van der Waals surface area contributed by atoms with Crippen molar-refractivity contribution in [2.75, 3.05) is 14.2 Å². The molecule has 0 aliphatic carbocycles. The van der Waals surface area contributed by atoms with Gasteiger partial charge in [-0.25, -0.2) is 4.39 Å². The highest BCUT2D eigenvalue weighted by Gasteiger charge is 2.21. The number of esters is 1. The molecule has 104 valence electrons. The van der Waals surface area contributed by atoms with E-state index in [-0.39, 0.29) is 23.5 Å². The van der Waals surface area contributed by atoms with E-state index in [2.05, 4.69) is 4.74 Å². The SMILES string of the molecule is COC(=O)CC(C)C(=O)c1cc(C)c(OC)c(F)c1. The summed E-state index contributed by atoms with van der Waals surface area (Å²) in [5.74, 6) is -1.78. The van der Waals surface area contributed by atoms with E-state index >= 15 is 0 Å². The average molecular weight is 268 g/mol. The van der Waals surface area contributed by atoms with E-state index < -0.39 is 17.7 Å². The van der Waals surface area contributed by atoms with Crippen molar-refractivity contribution in [3.63, 3.8) is 0 Å². The van der Waals surface area contributed by atoms with Gasteiger partial charge in [0, 0.05) is 11.5 Å². The van der Waals surface area contributed by atoms with Crippen LogP contribution in [0.5, 0.6) is 5.75 Å². The fraction of sp³-hybridized carbons (Fsp3) is 0.429. The summed E-state index contributed by atoms with van der Waals surface area (Å²) in [4.78, 5) is 23.2. The molecule has 0 saturated carbocycles. The normalized spacial score (nSPS) is 11.8. The van der Waals surface area contributed by atoms with Crippen LogP contribution in [-0.4, -0.2) is 26.0 Å². The van der Waals surface area contributed by atoms with Gasteiger partial charge in [-0.05, 0) is 24.6 Å². The Labute approximate surface area is 111 Å². The molecule has 0 aliphatic heterocycles. The van der Waals surface area contributed by atoms with Gasteiger partial charge in [-0.3, -0.25) is 9.59 Å². The Kier molecular flexibility index (Phi) is 5.03. The van der Waals surface area contributed by atoms with Crippen LogP contribution < -0.4 is 4.74 Å². The first-order chi connectivity index (χ1) is 8.90. The minimum atomic E-state index is -0.587. The molecule has 1 unspecified atom stereocenters. The van der Waals surface area contributed by atoms with E-state index in [0.29, 0.717) is 5.56 Å². The van der Waals surface area contributed by atoms with Crippen molar-refractivity contribution in [2.24, 2.45) is 5.92 Å². The molecule has 0 saturated heterocycles. The highest BCUT2D eigenvalue weighted by molar-refractivity contribution is 5.99. The minimum Gasteiger partial charge on any atom is -0.493 e. The first-order valence-electron chi connectivity index (χ1n) is 5.85. The Bertz CT molecular complexity index is 473. The number of benzene rings is 1. The molecule has 5 heteroatoms. The number of ether oxygens (including phenoxy) is 2. The van der Waals surface area contributed by atoms with Crippen LogP contribution in [0.2, 0.25) is 0 Å². The van der Waals surface area contributed by atoms with Crippen LogP contribution in [0.1, 0.15) is 29.3 Å². The maximum atomic E-state index is 13.7. The lowest BCUT2D eigenvalue weighted by Crippen LogP contribution is -2.17. The molecule has 0 aromatic heterocycles. The monoisotopic (exact) mass is 268 g/mol. The van der Waals surface area contributed by atoms with Crippen LogP contribution in [0.4, 0.5) is 4.39 Å². The molecule has 1 rings (SSSR count). The third-order valence-electron chi connectivity index (χ3n) is 2.87. The minimum absolute atomic E-state index is 0.0258. The van der Waals surface area contributed by atoms with Crippen LogP contribution in [0.15, 0.2) is 12.1 Å². The first-order valence-corrected chi connectivity index (χ1v) is 5.85. The Balaban J connectivity index is 2.97. The van der Waals surface area contributed by atoms with Gasteiger partial charge in [0.15, 0.2) is 17.3 Å². The van der Waals surface area contributed by atoms with Gasteiger partial charge < -0.3 is 9.47 Å². The number of rotatable bonds is 5. The van der Waals surface area contributed by atoms with Crippen LogP contribution >= 0.6 is 0 Å². The summed E-state index contributed by atoms with van der Waals surface area (Å²) in [6.45, 7) is 3.26. The number of hydrogen-bond donors (Lipinski definition) is 0. The largest absolute Gasteiger partial charge is 0.493 e. The highest BCUT2D eigenvalue weighted by Crippen LogP contribution is 2.25. The molecule has 0 aliphatic rings. The van der Waals surface area contributed by atoms with Gasteiger partial charge in [0.05, 0.1) is 20.6 Å². The Morgan fingerprint density at radius 3 is 2.42 bits per heavy atom. The molecule has 1 aromatic carbocycles. The fourth-order valence-corrected chi connectivity index (χ4v) is 1.84. The average Bonchev–Trinajstić information content (AvgIpc) is 2.37. The molecule has 19 heavy (non-hydrogen) atoms. The summed E-state index contributed by atoms with van der Waals surface area (Å²) in [7, 11) is 2.63. The number of Topliss-reactive ketones (excluding diaryl/α,β-unsaturated/α-hetero) is 1. The van der Waals surface area contributed by atoms with Gasteiger partial charge >= 0.3 is 5.97 Å². The van der Waals surface area contributed by atoms with Crippen molar-refractivity contribution in [1.82, 2.24) is 0 Å². The van der Waals surface area contributed by atoms with Crippen molar-refractivity contribution in [1.29, 1.82) is 0 Å². The second kappa shape index (κ2) is 6.31. The van der Waals surface area contributed by atoms with Gasteiger partial charge in [0.2, 0.25) is 0 Å². The molecular formula is C14H17FO4. The van der Waals surface area contributed by atoms with E-state index in [9.17, 15) is 14.0 Å². The topological polar surface area (TPSA) is 52.6 Å². The Morgan fingerprint density at radius 2 is 1.95 bits per heavy atom. The Hall–Kier alpha value is -1.91. The quantitative estimate of drug-likeness (QED) is 0.608. The zero-order valence-corrected chi connectivity index (χ0v) is 11.5. The highest BCUT2D eigenvalue weighted by atomic mass is 19.1. The summed E-state index contributed by atoms with van der Waals surface area (Å²) in [6.07, 6.45) is -0.0258. The number of halogens is 1. The van der Waals surface area contributed by atoms with Gasteiger partial charge in [-0.1, -0.05) is 6.92 Å². The van der Waals surface area contributed by atoms with Crippen LogP contribution in [0.3, 0.4) is 0 Å². The number of carbonyl (C=O) groups is 2. The van der Waals surface area contributed by atoms with E-state index in [1.165, 1.54) is 14.2 Å². The number of aryl methyl sites for hydroxylation is 1. The molecular weight excluding hydrogens is 251 g/mol. The van der Waals surface area contributed by atoms with Gasteiger partial charge in [-0.15, -0.1) is 0 Å². The predicted octanol–water partition coefficient (Wildman–Crippen LogP) is 2.52. The molecule has 0 fully saturated rings. The molecule has 0 radical (unpaired) electrons. The molecule has 0 bridgehead atoms. The number of methoxy groups -OCH3 is 2. The zero-order valence-electron chi connectivity index (χ0n) is 11.5. The Morgan fingerprint density at radius 1 is 1.32 bits per heavy atom. The van der Waals surface area contributed by atoms with E-state index in [1.807, 2.05) is 0 Å². The summed E-state index contributed by atoms with van der Waals surface area (Å²) in [5.41, 5.74) is 0.767. The lowest BCUT2D eigenvalue weighted by molar-refractivity contribution is -0.141. The summed E-state index contributed by atoms with van der Waals surface area (Å²) in [5, 5.41) is 0. The van der Waals surface area contributed by atoms with E-state index in [0.717, 1.165) is 6.07 Å². The summed E-state index contributed by atoms with van der Waals surface area (Å²) in [6, 6.07) is 2.68. The third kappa shape index (κ3) is 3.53. The predicted molar refractivity (Wildman–Crippen MR) is 67.8 cm³/mol. The van der Waals surface area contributed by atoms with Crippen LogP contribution in [0.25, 0.3) is 0 Å². The number of hydrogen-bond acceptors (Lipinski definition) is 4. The summed E-state index contributed by atoms with van der Waals surface area (Å²) < 4.78 is 23.1. The molecule has 0 heterocycles. The second-order valence-electron chi connectivity index (χ2n) is 4.35. The molecule has 0 spiro atoms. The molecule has 1 aromatic rings. The van der Waals surface area contributed by atoms with Crippen molar-refractivity contribution in [2.45, 2.75) is 20.3 Å². The molecule has 1 atom stereocenters. The maximum absolute atomic E-state index is 13.7.